The number of aromatic nitrogens is 1. The van der Waals surface area contributed by atoms with E-state index in [2.05, 4.69) is 15.9 Å². The first-order chi connectivity index (χ1) is 11.7. The molecule has 2 rings (SSSR count). The molecule has 136 valence electrons. The lowest BCUT2D eigenvalue weighted by Crippen LogP contribution is -2.26. The summed E-state index contributed by atoms with van der Waals surface area (Å²) < 4.78 is 38.2. The Labute approximate surface area is 155 Å². The second-order valence-electron chi connectivity index (χ2n) is 5.42. The van der Waals surface area contributed by atoms with Gasteiger partial charge >= 0.3 is 0 Å². The summed E-state index contributed by atoms with van der Waals surface area (Å²) >= 11 is 3.44. The summed E-state index contributed by atoms with van der Waals surface area (Å²) in [5, 5.41) is 0. The van der Waals surface area contributed by atoms with Gasteiger partial charge in [0.2, 0.25) is 10.0 Å². The van der Waals surface area contributed by atoms with Crippen LogP contribution in [0.3, 0.4) is 0 Å². The molecule has 0 saturated heterocycles. The summed E-state index contributed by atoms with van der Waals surface area (Å²) in [7, 11) is 2.31. The molecule has 0 atom stereocenters. The van der Waals surface area contributed by atoms with E-state index in [9.17, 15) is 13.2 Å². The van der Waals surface area contributed by atoms with Crippen molar-refractivity contribution in [1.29, 1.82) is 0 Å². The van der Waals surface area contributed by atoms with Crippen molar-refractivity contribution in [1.82, 2.24) is 8.87 Å². The highest BCUT2D eigenvalue weighted by molar-refractivity contribution is 9.10. The van der Waals surface area contributed by atoms with E-state index in [0.29, 0.717) is 11.5 Å². The Morgan fingerprint density at radius 3 is 2.28 bits per heavy atom. The number of halogens is 1. The molecular formula is C16H19BrN2O5S. The standard InChI is InChI=1S/C16H19BrN2O5S/c1-18(2)25(21,22)12-5-6-16(20)19(10-12)9-11-7-14(23-3)15(24-4)8-13(11)17/h5-8,10H,9H2,1-4H3. The second-order valence-corrected chi connectivity index (χ2v) is 8.42. The van der Waals surface area contributed by atoms with E-state index < -0.39 is 10.0 Å². The van der Waals surface area contributed by atoms with Crippen molar-refractivity contribution in [2.24, 2.45) is 0 Å². The minimum absolute atomic E-state index is 0.0497. The maximum atomic E-state index is 12.3. The molecule has 7 nitrogen and oxygen atoms in total. The van der Waals surface area contributed by atoms with Gasteiger partial charge in [-0.2, -0.15) is 0 Å². The van der Waals surface area contributed by atoms with Crippen molar-refractivity contribution >= 4 is 26.0 Å². The first-order valence-corrected chi connectivity index (χ1v) is 9.47. The van der Waals surface area contributed by atoms with E-state index in [4.69, 9.17) is 9.47 Å². The summed E-state index contributed by atoms with van der Waals surface area (Å²) in [5.41, 5.74) is 0.443. The van der Waals surface area contributed by atoms with Gasteiger partial charge < -0.3 is 14.0 Å². The van der Waals surface area contributed by atoms with Crippen LogP contribution in [0.2, 0.25) is 0 Å². The highest BCUT2D eigenvalue weighted by Crippen LogP contribution is 2.33. The van der Waals surface area contributed by atoms with E-state index >= 15 is 0 Å². The van der Waals surface area contributed by atoms with Crippen molar-refractivity contribution < 1.29 is 17.9 Å². The van der Waals surface area contributed by atoms with Gasteiger partial charge in [0.25, 0.3) is 5.56 Å². The molecule has 9 heteroatoms. The lowest BCUT2D eigenvalue weighted by molar-refractivity contribution is 0.354. The number of hydrogen-bond donors (Lipinski definition) is 0. The van der Waals surface area contributed by atoms with E-state index in [0.717, 1.165) is 14.3 Å². The first-order valence-electron chi connectivity index (χ1n) is 7.24. The molecule has 0 aliphatic rings. The molecule has 0 radical (unpaired) electrons. The van der Waals surface area contributed by atoms with Crippen LogP contribution in [-0.4, -0.2) is 45.6 Å². The van der Waals surface area contributed by atoms with Gasteiger partial charge in [-0.1, -0.05) is 15.9 Å². The SMILES string of the molecule is COc1cc(Br)c(Cn2cc(S(=O)(=O)N(C)C)ccc2=O)cc1OC. The largest absolute Gasteiger partial charge is 0.493 e. The third-order valence-electron chi connectivity index (χ3n) is 3.63. The highest BCUT2D eigenvalue weighted by Gasteiger charge is 2.18. The van der Waals surface area contributed by atoms with Gasteiger partial charge in [-0.3, -0.25) is 4.79 Å². The molecule has 0 N–H and O–H groups in total. The molecule has 2 aromatic rings. The molecule has 25 heavy (non-hydrogen) atoms. The van der Waals surface area contributed by atoms with Crippen LogP contribution in [-0.2, 0) is 16.6 Å². The monoisotopic (exact) mass is 430 g/mol. The molecule has 0 aliphatic carbocycles. The van der Waals surface area contributed by atoms with Crippen molar-refractivity contribution in [2.45, 2.75) is 11.4 Å². The minimum atomic E-state index is -3.62. The van der Waals surface area contributed by atoms with Crippen LogP contribution < -0.4 is 15.0 Å². The lowest BCUT2D eigenvalue weighted by atomic mass is 10.2. The Hall–Kier alpha value is -1.84. The summed E-state index contributed by atoms with van der Waals surface area (Å²) in [6, 6.07) is 6.02. The van der Waals surface area contributed by atoms with Gasteiger partial charge in [0.15, 0.2) is 11.5 Å². The summed E-state index contributed by atoms with van der Waals surface area (Å²) in [6.45, 7) is 0.177. The van der Waals surface area contributed by atoms with Crippen LogP contribution >= 0.6 is 15.9 Å². The maximum absolute atomic E-state index is 12.3. The smallest absolute Gasteiger partial charge is 0.250 e. The number of rotatable bonds is 6. The molecule has 0 saturated carbocycles. The van der Waals surface area contributed by atoms with Crippen LogP contribution in [0.15, 0.2) is 44.6 Å². The summed E-state index contributed by atoms with van der Waals surface area (Å²) in [5.74, 6) is 1.07. The van der Waals surface area contributed by atoms with Crippen LogP contribution in [0.1, 0.15) is 5.56 Å². The number of sulfonamides is 1. The molecule has 1 aromatic heterocycles. The topological polar surface area (TPSA) is 77.8 Å². The molecular weight excluding hydrogens is 412 g/mol. The zero-order chi connectivity index (χ0) is 18.8. The Morgan fingerprint density at radius 2 is 1.72 bits per heavy atom. The average Bonchev–Trinajstić information content (AvgIpc) is 2.57. The molecule has 0 spiro atoms. The van der Waals surface area contributed by atoms with Crippen LogP contribution in [0.25, 0.3) is 0 Å². The van der Waals surface area contributed by atoms with Gasteiger partial charge in [0.1, 0.15) is 0 Å². The molecule has 1 aromatic carbocycles. The van der Waals surface area contributed by atoms with Crippen LogP contribution in [0.4, 0.5) is 0 Å². The average molecular weight is 431 g/mol. The molecule has 0 aliphatic heterocycles. The van der Waals surface area contributed by atoms with Crippen LogP contribution in [0.5, 0.6) is 11.5 Å². The van der Waals surface area contributed by atoms with Gasteiger partial charge in [-0.25, -0.2) is 12.7 Å². The Bertz CT molecular complexity index is 938. The molecule has 0 unspecified atom stereocenters. The van der Waals surface area contributed by atoms with Crippen molar-refractivity contribution in [2.75, 3.05) is 28.3 Å². The quantitative estimate of drug-likeness (QED) is 0.699. The van der Waals surface area contributed by atoms with Gasteiger partial charge in [0.05, 0.1) is 25.7 Å². The fraction of sp³-hybridized carbons (Fsp3) is 0.312. The number of hydrogen-bond acceptors (Lipinski definition) is 5. The molecule has 0 amide bonds. The second kappa shape index (κ2) is 7.59. The van der Waals surface area contributed by atoms with E-state index in [1.807, 2.05) is 0 Å². The van der Waals surface area contributed by atoms with E-state index in [1.165, 1.54) is 51.2 Å². The molecule has 0 bridgehead atoms. The summed E-state index contributed by atoms with van der Waals surface area (Å²) in [6.07, 6.45) is 1.33. The molecule has 0 fully saturated rings. The van der Waals surface area contributed by atoms with Gasteiger partial charge in [0, 0.05) is 30.8 Å². The first kappa shape index (κ1) is 19.5. The number of methoxy groups -OCH3 is 2. The summed E-state index contributed by atoms with van der Waals surface area (Å²) in [4.78, 5) is 12.2. The number of nitrogens with zero attached hydrogens (tertiary/aromatic N) is 2. The van der Waals surface area contributed by atoms with Gasteiger partial charge in [-0.15, -0.1) is 0 Å². The third kappa shape index (κ3) is 4.05. The Morgan fingerprint density at radius 1 is 1.12 bits per heavy atom. The predicted octanol–water partition coefficient (Wildman–Crippen LogP) is 1.93. The minimum Gasteiger partial charge on any atom is -0.493 e. The molecule has 1 heterocycles. The third-order valence-corrected chi connectivity index (χ3v) is 6.17. The lowest BCUT2D eigenvalue weighted by Gasteiger charge is -2.15. The van der Waals surface area contributed by atoms with Crippen molar-refractivity contribution in [3.63, 3.8) is 0 Å². The van der Waals surface area contributed by atoms with E-state index in [-0.39, 0.29) is 17.0 Å². The predicted molar refractivity (Wildman–Crippen MR) is 97.9 cm³/mol. The normalized spacial score (nSPS) is 11.6. The van der Waals surface area contributed by atoms with Crippen LogP contribution in [0, 0.1) is 0 Å². The Balaban J connectivity index is 2.50. The number of ether oxygens (including phenoxy) is 2. The van der Waals surface area contributed by atoms with Crippen molar-refractivity contribution in [3.05, 3.63) is 50.9 Å². The number of benzene rings is 1. The number of pyridine rings is 1. The Kier molecular flexibility index (Phi) is 5.91. The van der Waals surface area contributed by atoms with Crippen molar-refractivity contribution in [3.8, 4) is 11.5 Å². The van der Waals surface area contributed by atoms with E-state index in [1.54, 1.807) is 12.1 Å². The zero-order valence-electron chi connectivity index (χ0n) is 14.3. The maximum Gasteiger partial charge on any atom is 0.250 e. The fourth-order valence-electron chi connectivity index (χ4n) is 2.20. The zero-order valence-corrected chi connectivity index (χ0v) is 16.7. The van der Waals surface area contributed by atoms with Gasteiger partial charge in [-0.05, 0) is 23.8 Å². The fourth-order valence-corrected chi connectivity index (χ4v) is 3.57. The highest BCUT2D eigenvalue weighted by atomic mass is 79.9.